The summed E-state index contributed by atoms with van der Waals surface area (Å²) in [4.78, 5) is 25.7. The quantitative estimate of drug-likeness (QED) is 0.874. The van der Waals surface area contributed by atoms with Gasteiger partial charge in [0.15, 0.2) is 5.37 Å². The summed E-state index contributed by atoms with van der Waals surface area (Å²) >= 11 is 12.8. The number of thioether (sulfide) groups is 1. The van der Waals surface area contributed by atoms with Gasteiger partial charge in [-0.15, -0.1) is 0 Å². The molecule has 0 radical (unpaired) electrons. The molecule has 22 heavy (non-hydrogen) atoms. The molecular weight excluding hydrogens is 343 g/mol. The maximum Gasteiger partial charge on any atom is 0.295 e. The van der Waals surface area contributed by atoms with E-state index in [-0.39, 0.29) is 11.1 Å². The number of imide groups is 1. The normalized spacial score (nSPS) is 17.9. The van der Waals surface area contributed by atoms with E-state index >= 15 is 0 Å². The first-order valence-electron chi connectivity index (χ1n) is 6.37. The fourth-order valence-corrected chi connectivity index (χ4v) is 3.42. The molecule has 1 unspecified atom stereocenters. The van der Waals surface area contributed by atoms with E-state index < -0.39 is 5.37 Å². The summed E-state index contributed by atoms with van der Waals surface area (Å²) in [5, 5.41) is 2.84. The predicted octanol–water partition coefficient (Wildman–Crippen LogP) is 4.63. The van der Waals surface area contributed by atoms with E-state index in [9.17, 15) is 9.59 Å². The lowest BCUT2D eigenvalue weighted by atomic mass is 10.3. The smallest absolute Gasteiger partial charge is 0.295 e. The van der Waals surface area contributed by atoms with Crippen molar-refractivity contribution in [2.45, 2.75) is 5.37 Å². The molecular formula is C15H10Cl2N2O2S. The Morgan fingerprint density at radius 3 is 2.45 bits per heavy atom. The average molecular weight is 353 g/mol. The molecule has 0 spiro atoms. The molecule has 112 valence electrons. The fourth-order valence-electron chi connectivity index (χ4n) is 2.06. The van der Waals surface area contributed by atoms with Crippen molar-refractivity contribution in [2.24, 2.45) is 0 Å². The third kappa shape index (κ3) is 2.92. The van der Waals surface area contributed by atoms with E-state index in [1.54, 1.807) is 42.5 Å². The van der Waals surface area contributed by atoms with Crippen LogP contribution in [0.25, 0.3) is 0 Å². The molecule has 2 amide bonds. The summed E-state index contributed by atoms with van der Waals surface area (Å²) < 4.78 is 0. The number of para-hydroxylation sites is 1. The number of anilines is 2. The van der Waals surface area contributed by atoms with Crippen LogP contribution >= 0.6 is 35.0 Å². The Morgan fingerprint density at radius 1 is 1.05 bits per heavy atom. The zero-order valence-corrected chi connectivity index (χ0v) is 13.5. The summed E-state index contributed by atoms with van der Waals surface area (Å²) in [7, 11) is 0. The summed E-state index contributed by atoms with van der Waals surface area (Å²) in [6.07, 6.45) is 0. The van der Waals surface area contributed by atoms with Gasteiger partial charge in [0.25, 0.3) is 11.1 Å². The van der Waals surface area contributed by atoms with Crippen LogP contribution in [0.3, 0.4) is 0 Å². The second-order valence-corrected chi connectivity index (χ2v) is 6.44. The lowest BCUT2D eigenvalue weighted by molar-refractivity contribution is -0.116. The molecule has 1 N–H and O–H groups in total. The Kier molecular flexibility index (Phi) is 4.29. The number of carbonyl (C=O) groups excluding carboxylic acids is 2. The SMILES string of the molecule is O=C1SC(Nc2ccc(Cl)cc2Cl)C(=O)N1c1ccccc1. The zero-order chi connectivity index (χ0) is 15.7. The van der Waals surface area contributed by atoms with Crippen LogP contribution in [0.15, 0.2) is 48.5 Å². The highest BCUT2D eigenvalue weighted by atomic mass is 35.5. The molecule has 2 aromatic rings. The first-order valence-corrected chi connectivity index (χ1v) is 8.01. The van der Waals surface area contributed by atoms with Crippen molar-refractivity contribution in [1.29, 1.82) is 0 Å². The summed E-state index contributed by atoms with van der Waals surface area (Å²) in [5.41, 5.74) is 1.11. The topological polar surface area (TPSA) is 49.4 Å². The van der Waals surface area contributed by atoms with Crippen LogP contribution in [0.5, 0.6) is 0 Å². The van der Waals surface area contributed by atoms with Crippen molar-refractivity contribution in [1.82, 2.24) is 0 Å². The van der Waals surface area contributed by atoms with Crippen molar-refractivity contribution < 1.29 is 9.59 Å². The molecule has 1 heterocycles. The number of hydrogen-bond donors (Lipinski definition) is 1. The Bertz CT molecular complexity index is 740. The molecule has 0 aliphatic carbocycles. The molecule has 0 aromatic heterocycles. The third-order valence-corrected chi connectivity index (χ3v) is 4.57. The largest absolute Gasteiger partial charge is 0.364 e. The third-order valence-electron chi connectivity index (χ3n) is 3.08. The van der Waals surface area contributed by atoms with Gasteiger partial charge >= 0.3 is 0 Å². The van der Waals surface area contributed by atoms with Gasteiger partial charge in [0.05, 0.1) is 16.4 Å². The van der Waals surface area contributed by atoms with E-state index in [2.05, 4.69) is 5.32 Å². The number of hydrogen-bond acceptors (Lipinski definition) is 4. The van der Waals surface area contributed by atoms with Gasteiger partial charge in [-0.05, 0) is 42.1 Å². The summed E-state index contributed by atoms with van der Waals surface area (Å²) in [6, 6.07) is 13.7. The van der Waals surface area contributed by atoms with Crippen molar-refractivity contribution in [3.8, 4) is 0 Å². The van der Waals surface area contributed by atoms with E-state index in [0.29, 0.717) is 21.4 Å². The number of nitrogens with zero attached hydrogens (tertiary/aromatic N) is 1. The van der Waals surface area contributed by atoms with Gasteiger partial charge in [0, 0.05) is 5.02 Å². The number of rotatable bonds is 3. The van der Waals surface area contributed by atoms with Crippen LogP contribution in [0.1, 0.15) is 0 Å². The monoisotopic (exact) mass is 352 g/mol. The first kappa shape index (κ1) is 15.2. The van der Waals surface area contributed by atoms with Crippen LogP contribution in [0, 0.1) is 0 Å². The van der Waals surface area contributed by atoms with E-state index in [1.807, 2.05) is 6.07 Å². The van der Waals surface area contributed by atoms with E-state index in [4.69, 9.17) is 23.2 Å². The van der Waals surface area contributed by atoms with Crippen LogP contribution < -0.4 is 10.2 Å². The van der Waals surface area contributed by atoms with Gasteiger partial charge < -0.3 is 5.32 Å². The van der Waals surface area contributed by atoms with Crippen molar-refractivity contribution >= 4 is 57.5 Å². The molecule has 4 nitrogen and oxygen atoms in total. The van der Waals surface area contributed by atoms with Crippen LogP contribution in [0.2, 0.25) is 10.0 Å². The molecule has 1 aliphatic rings. The Labute approximate surface area is 141 Å². The maximum atomic E-state index is 12.5. The molecule has 1 atom stereocenters. The van der Waals surface area contributed by atoms with Gasteiger partial charge in [-0.25, -0.2) is 4.90 Å². The van der Waals surface area contributed by atoms with Gasteiger partial charge in [0.1, 0.15) is 0 Å². The second-order valence-electron chi connectivity index (χ2n) is 4.54. The lowest BCUT2D eigenvalue weighted by Crippen LogP contribution is -2.34. The maximum absolute atomic E-state index is 12.5. The lowest BCUT2D eigenvalue weighted by Gasteiger charge is -2.15. The molecule has 1 saturated heterocycles. The fraction of sp³-hybridized carbons (Fsp3) is 0.0667. The highest BCUT2D eigenvalue weighted by Crippen LogP contribution is 2.34. The second kappa shape index (κ2) is 6.20. The minimum absolute atomic E-state index is 0.321. The molecule has 1 fully saturated rings. The Hall–Kier alpha value is -1.69. The highest BCUT2D eigenvalue weighted by Gasteiger charge is 2.40. The van der Waals surface area contributed by atoms with Crippen molar-refractivity contribution in [2.75, 3.05) is 10.2 Å². The molecule has 0 bridgehead atoms. The Balaban J connectivity index is 1.82. The summed E-state index contributed by atoms with van der Waals surface area (Å²) in [5.74, 6) is -0.327. The van der Waals surface area contributed by atoms with E-state index in [1.165, 1.54) is 0 Å². The molecule has 3 rings (SSSR count). The predicted molar refractivity (Wildman–Crippen MR) is 90.8 cm³/mol. The minimum atomic E-state index is -0.716. The minimum Gasteiger partial charge on any atom is -0.364 e. The zero-order valence-electron chi connectivity index (χ0n) is 11.1. The highest BCUT2D eigenvalue weighted by molar-refractivity contribution is 8.16. The number of carbonyl (C=O) groups is 2. The van der Waals surface area contributed by atoms with Crippen LogP contribution in [0.4, 0.5) is 16.2 Å². The Morgan fingerprint density at radius 2 is 1.77 bits per heavy atom. The molecule has 2 aromatic carbocycles. The van der Waals surface area contributed by atoms with Gasteiger partial charge in [-0.1, -0.05) is 41.4 Å². The number of amides is 2. The van der Waals surface area contributed by atoms with Gasteiger partial charge in [-0.3, -0.25) is 9.59 Å². The number of halogens is 2. The average Bonchev–Trinajstić information content (AvgIpc) is 2.77. The van der Waals surface area contributed by atoms with Crippen molar-refractivity contribution in [3.63, 3.8) is 0 Å². The van der Waals surface area contributed by atoms with E-state index in [0.717, 1.165) is 16.7 Å². The van der Waals surface area contributed by atoms with Gasteiger partial charge in [0.2, 0.25) is 0 Å². The standard InChI is InChI=1S/C15H10Cl2N2O2S/c16-9-6-7-12(11(17)8-9)18-13-14(20)19(15(21)22-13)10-4-2-1-3-5-10/h1-8,13,18H. The van der Waals surface area contributed by atoms with Crippen LogP contribution in [-0.4, -0.2) is 16.5 Å². The van der Waals surface area contributed by atoms with Gasteiger partial charge in [-0.2, -0.15) is 0 Å². The molecule has 0 saturated carbocycles. The molecule has 7 heteroatoms. The number of benzene rings is 2. The summed E-state index contributed by atoms with van der Waals surface area (Å²) in [6.45, 7) is 0. The molecule has 1 aliphatic heterocycles. The number of nitrogens with one attached hydrogen (secondary N) is 1. The van der Waals surface area contributed by atoms with Crippen molar-refractivity contribution in [3.05, 3.63) is 58.6 Å². The van der Waals surface area contributed by atoms with Crippen LogP contribution in [-0.2, 0) is 4.79 Å². The first-order chi connectivity index (χ1) is 10.6.